The Labute approximate surface area is 267 Å². The van der Waals surface area contributed by atoms with Gasteiger partial charge in [-0.25, -0.2) is 26.8 Å². The van der Waals surface area contributed by atoms with E-state index in [1.54, 1.807) is 24.8 Å². The molecule has 14 nitrogen and oxygen atoms in total. The second-order valence-corrected chi connectivity index (χ2v) is 17.0. The number of nitro benzene ring substituents is 1. The van der Waals surface area contributed by atoms with Gasteiger partial charge in [-0.15, -0.1) is 0 Å². The van der Waals surface area contributed by atoms with Crippen LogP contribution in [0.2, 0.25) is 5.15 Å². The third-order valence-corrected chi connectivity index (χ3v) is 11.6. The number of halogens is 1. The lowest BCUT2D eigenvalue weighted by atomic mass is 9.88. The number of nitro groups is 1. The molecule has 0 bridgehead atoms. The van der Waals surface area contributed by atoms with Crippen molar-refractivity contribution in [2.75, 3.05) is 67.7 Å². The van der Waals surface area contributed by atoms with E-state index in [0.29, 0.717) is 43.1 Å². The highest BCUT2D eigenvalue weighted by Gasteiger charge is 2.39. The lowest BCUT2D eigenvalue weighted by Crippen LogP contribution is -2.51. The number of amides is 1. The van der Waals surface area contributed by atoms with Gasteiger partial charge in [0.1, 0.15) is 33.2 Å². The zero-order valence-corrected chi connectivity index (χ0v) is 27.8. The zero-order valence-electron chi connectivity index (χ0n) is 25.4. The maximum absolute atomic E-state index is 12.5. The Hall–Kier alpha value is -3.08. The molecular formula is C28H37ClN6O8S2. The number of benzene rings is 1. The highest BCUT2D eigenvalue weighted by Crippen LogP contribution is 2.41. The lowest BCUT2D eigenvalue weighted by molar-refractivity contribution is -0.386. The topological polar surface area (TPSA) is 173 Å². The maximum atomic E-state index is 12.5. The van der Waals surface area contributed by atoms with E-state index in [4.69, 9.17) is 16.3 Å². The smallest absolute Gasteiger partial charge is 0.311 e. The summed E-state index contributed by atoms with van der Waals surface area (Å²) in [6.45, 7) is 6.43. The van der Waals surface area contributed by atoms with E-state index < -0.39 is 30.7 Å². The molecule has 0 saturated carbocycles. The monoisotopic (exact) mass is 684 g/mol. The van der Waals surface area contributed by atoms with Crippen LogP contribution in [0.25, 0.3) is 0 Å². The molecular weight excluding hydrogens is 648 g/mol. The van der Waals surface area contributed by atoms with Gasteiger partial charge in [-0.2, -0.15) is 0 Å². The predicted octanol–water partition coefficient (Wildman–Crippen LogP) is 2.16. The molecule has 0 radical (unpaired) electrons. The molecule has 4 heterocycles. The van der Waals surface area contributed by atoms with Crippen LogP contribution in [-0.4, -0.2) is 116 Å². The van der Waals surface area contributed by atoms with Crippen LogP contribution in [0.1, 0.15) is 48.5 Å². The number of anilines is 1. The van der Waals surface area contributed by atoms with Crippen molar-refractivity contribution in [3.8, 4) is 5.75 Å². The van der Waals surface area contributed by atoms with E-state index >= 15 is 0 Å². The number of sulfone groups is 2. The van der Waals surface area contributed by atoms with Gasteiger partial charge in [0.15, 0.2) is 9.84 Å². The van der Waals surface area contributed by atoms with Gasteiger partial charge < -0.3 is 14.5 Å². The van der Waals surface area contributed by atoms with E-state index in [-0.39, 0.29) is 71.2 Å². The van der Waals surface area contributed by atoms with Crippen molar-refractivity contribution in [1.29, 1.82) is 0 Å². The van der Waals surface area contributed by atoms with E-state index in [2.05, 4.69) is 14.9 Å². The fraction of sp³-hybridized carbons (Fsp3) is 0.607. The molecule has 5 rings (SSSR count). The molecule has 3 aliphatic heterocycles. The number of rotatable bonds is 10. The first-order valence-corrected chi connectivity index (χ1v) is 19.0. The summed E-state index contributed by atoms with van der Waals surface area (Å²) >= 11 is 6.47. The molecule has 0 N–H and O–H groups in total. The summed E-state index contributed by atoms with van der Waals surface area (Å²) in [5.74, 6) is 0.267. The molecule has 246 valence electrons. The molecule has 2 aromatic rings. The van der Waals surface area contributed by atoms with Crippen molar-refractivity contribution in [2.24, 2.45) is 0 Å². The van der Waals surface area contributed by atoms with E-state index in [1.165, 1.54) is 6.33 Å². The Morgan fingerprint density at radius 3 is 2.51 bits per heavy atom. The molecule has 0 aliphatic carbocycles. The summed E-state index contributed by atoms with van der Waals surface area (Å²) in [6, 6.07) is 3.60. The van der Waals surface area contributed by atoms with Crippen molar-refractivity contribution in [3.63, 3.8) is 0 Å². The minimum absolute atomic E-state index is 0.0163. The Morgan fingerprint density at radius 1 is 1.18 bits per heavy atom. The predicted molar refractivity (Wildman–Crippen MR) is 168 cm³/mol. The Morgan fingerprint density at radius 2 is 1.87 bits per heavy atom. The first kappa shape index (κ1) is 33.3. The minimum Gasteiger partial charge on any atom is -0.478 e. The number of ether oxygens (including phenoxy) is 1. The molecule has 1 aromatic heterocycles. The molecule has 2 atom stereocenters. The van der Waals surface area contributed by atoms with Gasteiger partial charge >= 0.3 is 5.69 Å². The van der Waals surface area contributed by atoms with Gasteiger partial charge in [0.25, 0.3) is 0 Å². The largest absolute Gasteiger partial charge is 0.478 e. The number of hydrogen-bond acceptors (Lipinski definition) is 12. The maximum Gasteiger partial charge on any atom is 0.311 e. The molecule has 1 amide bonds. The molecule has 1 aromatic carbocycles. The molecule has 17 heteroatoms. The van der Waals surface area contributed by atoms with Crippen LogP contribution in [-0.2, 0) is 24.5 Å². The first-order chi connectivity index (χ1) is 21.1. The molecule has 1 unspecified atom stereocenters. The number of aryl methyl sites for hydroxylation is 1. The Kier molecular flexibility index (Phi) is 9.59. The van der Waals surface area contributed by atoms with Gasteiger partial charge in [0.2, 0.25) is 11.7 Å². The number of likely N-dealkylation sites (tertiary alicyclic amines) is 2. The van der Waals surface area contributed by atoms with Crippen molar-refractivity contribution in [3.05, 3.63) is 50.4 Å². The summed E-state index contributed by atoms with van der Waals surface area (Å²) < 4.78 is 53.0. The van der Waals surface area contributed by atoms with Crippen molar-refractivity contribution >= 4 is 48.7 Å². The summed E-state index contributed by atoms with van der Waals surface area (Å²) in [6.07, 6.45) is 2.41. The summed E-state index contributed by atoms with van der Waals surface area (Å²) in [5.41, 5.74) is 1.67. The highest BCUT2D eigenvalue weighted by atomic mass is 35.5. The van der Waals surface area contributed by atoms with Crippen molar-refractivity contribution in [1.82, 2.24) is 19.8 Å². The Bertz CT molecular complexity index is 1690. The summed E-state index contributed by atoms with van der Waals surface area (Å²) in [5, 5.41) is 12.3. The Balaban J connectivity index is 1.26. The van der Waals surface area contributed by atoms with Crippen LogP contribution in [0.15, 0.2) is 18.5 Å². The van der Waals surface area contributed by atoms with Crippen LogP contribution in [0, 0.1) is 17.0 Å². The first-order valence-electron chi connectivity index (χ1n) is 14.7. The van der Waals surface area contributed by atoms with Crippen LogP contribution >= 0.6 is 11.6 Å². The molecule has 3 fully saturated rings. The molecule has 3 saturated heterocycles. The SMILES string of the molecule is Cc1cc(C2CN(C3CCN(C(=O)CCS(C)(=O)=O)C3)C2)cc([N+](=O)[O-])c1O[C@@H](C)c1c(Cl)ncnc1N1CCS(=O)(=O)CC1. The van der Waals surface area contributed by atoms with Gasteiger partial charge in [0, 0.05) is 70.0 Å². The summed E-state index contributed by atoms with van der Waals surface area (Å²) in [4.78, 5) is 38.4. The number of carbonyl (C=O) groups is 1. The lowest BCUT2D eigenvalue weighted by Gasteiger charge is -2.43. The van der Waals surface area contributed by atoms with Crippen LogP contribution in [0.4, 0.5) is 11.5 Å². The number of carbonyl (C=O) groups excluding carboxylic acids is 1. The average molecular weight is 685 g/mol. The normalized spacial score (nSPS) is 21.4. The fourth-order valence-corrected chi connectivity index (χ4v) is 8.18. The van der Waals surface area contributed by atoms with Crippen molar-refractivity contribution in [2.45, 2.75) is 44.8 Å². The van der Waals surface area contributed by atoms with Gasteiger partial charge in [-0.1, -0.05) is 17.7 Å². The van der Waals surface area contributed by atoms with Gasteiger partial charge in [-0.05, 0) is 31.4 Å². The molecule has 45 heavy (non-hydrogen) atoms. The molecule has 3 aliphatic rings. The molecule has 0 spiro atoms. The second kappa shape index (κ2) is 13.0. The third kappa shape index (κ3) is 7.67. The van der Waals surface area contributed by atoms with Crippen LogP contribution in [0.3, 0.4) is 0 Å². The second-order valence-electron chi connectivity index (χ2n) is 12.1. The summed E-state index contributed by atoms with van der Waals surface area (Å²) in [7, 11) is -6.33. The third-order valence-electron chi connectivity index (χ3n) is 8.73. The number of nitrogens with zero attached hydrogens (tertiary/aromatic N) is 6. The highest BCUT2D eigenvalue weighted by molar-refractivity contribution is 7.91. The van der Waals surface area contributed by atoms with Crippen LogP contribution in [0.5, 0.6) is 5.75 Å². The standard InChI is InChI=1S/C28H37ClN6O8S2/c1-18-12-20(21-14-34(15-21)22-4-6-33(16-22)24(36)5-9-44(3,39)40)13-23(35(37)38)26(18)43-19(2)25-27(29)30-17-31-28(25)32-7-10-45(41,42)11-8-32/h12-13,17,19,21-22H,4-11,14-16H2,1-3H3/t19-,22?/m0/s1. The quantitative estimate of drug-likeness (QED) is 0.203. The zero-order chi connectivity index (χ0) is 32.7. The average Bonchev–Trinajstić information content (AvgIpc) is 3.41. The van der Waals surface area contributed by atoms with Crippen LogP contribution < -0.4 is 9.64 Å². The van der Waals surface area contributed by atoms with Crippen molar-refractivity contribution < 1.29 is 31.3 Å². The van der Waals surface area contributed by atoms with Gasteiger partial charge in [0.05, 0.1) is 27.7 Å². The number of hydrogen-bond donors (Lipinski definition) is 0. The van der Waals surface area contributed by atoms with Gasteiger partial charge in [-0.3, -0.25) is 19.8 Å². The van der Waals surface area contributed by atoms with E-state index in [0.717, 1.165) is 18.2 Å². The van der Waals surface area contributed by atoms with E-state index in [9.17, 15) is 31.7 Å². The number of aromatic nitrogens is 2. The minimum atomic E-state index is -3.21. The van der Waals surface area contributed by atoms with E-state index in [1.807, 2.05) is 11.0 Å². The fourth-order valence-electron chi connectivity index (χ4n) is 6.15.